The highest BCUT2D eigenvalue weighted by atomic mass is 79.9. The third-order valence-corrected chi connectivity index (χ3v) is 4.97. The van der Waals surface area contributed by atoms with Crippen molar-refractivity contribution < 1.29 is 4.79 Å². The van der Waals surface area contributed by atoms with Gasteiger partial charge >= 0.3 is 0 Å². The van der Waals surface area contributed by atoms with Gasteiger partial charge in [-0.25, -0.2) is 0 Å². The van der Waals surface area contributed by atoms with Gasteiger partial charge in [0.2, 0.25) is 5.91 Å². The van der Waals surface area contributed by atoms with Crippen molar-refractivity contribution in [2.75, 3.05) is 7.05 Å². The summed E-state index contributed by atoms with van der Waals surface area (Å²) in [6.07, 6.45) is 0.549. The zero-order chi connectivity index (χ0) is 14.5. The molecule has 1 aromatic carbocycles. The SMILES string of the molecule is CC(CC(=O)N(C)Cc1cc(Br)cs1)c1ccccc1. The van der Waals surface area contributed by atoms with Gasteiger partial charge in [0, 0.05) is 28.2 Å². The van der Waals surface area contributed by atoms with Crippen LogP contribution in [0.3, 0.4) is 0 Å². The first-order chi connectivity index (χ1) is 9.56. The number of carbonyl (C=O) groups is 1. The van der Waals surface area contributed by atoms with Crippen LogP contribution in [0.2, 0.25) is 0 Å². The summed E-state index contributed by atoms with van der Waals surface area (Å²) in [5.41, 5.74) is 1.22. The Morgan fingerprint density at radius 3 is 2.65 bits per heavy atom. The number of benzene rings is 1. The van der Waals surface area contributed by atoms with E-state index >= 15 is 0 Å². The molecule has 0 aliphatic rings. The van der Waals surface area contributed by atoms with Crippen molar-refractivity contribution in [3.05, 3.63) is 56.7 Å². The van der Waals surface area contributed by atoms with Crippen molar-refractivity contribution in [2.45, 2.75) is 25.8 Å². The summed E-state index contributed by atoms with van der Waals surface area (Å²) < 4.78 is 1.08. The second-order valence-electron chi connectivity index (χ2n) is 5.00. The van der Waals surface area contributed by atoms with E-state index in [2.05, 4.69) is 41.1 Å². The van der Waals surface area contributed by atoms with E-state index in [1.807, 2.05) is 30.6 Å². The normalized spacial score (nSPS) is 12.2. The third kappa shape index (κ3) is 4.18. The molecule has 0 saturated heterocycles. The number of hydrogen-bond donors (Lipinski definition) is 0. The Hall–Kier alpha value is -1.13. The first-order valence-corrected chi connectivity index (χ1v) is 8.25. The predicted molar refractivity (Wildman–Crippen MR) is 88.0 cm³/mol. The fourth-order valence-electron chi connectivity index (χ4n) is 2.08. The highest BCUT2D eigenvalue weighted by Crippen LogP contribution is 2.23. The van der Waals surface area contributed by atoms with Gasteiger partial charge in [0.25, 0.3) is 0 Å². The smallest absolute Gasteiger partial charge is 0.223 e. The monoisotopic (exact) mass is 351 g/mol. The van der Waals surface area contributed by atoms with Crippen LogP contribution in [-0.2, 0) is 11.3 Å². The number of rotatable bonds is 5. The molecule has 0 aliphatic heterocycles. The van der Waals surface area contributed by atoms with Crippen LogP contribution >= 0.6 is 27.3 Å². The van der Waals surface area contributed by atoms with Crippen LogP contribution in [-0.4, -0.2) is 17.9 Å². The molecule has 0 radical (unpaired) electrons. The van der Waals surface area contributed by atoms with Crippen LogP contribution in [0.4, 0.5) is 0 Å². The topological polar surface area (TPSA) is 20.3 Å². The quantitative estimate of drug-likeness (QED) is 0.766. The molecule has 0 aliphatic carbocycles. The summed E-state index contributed by atoms with van der Waals surface area (Å²) in [6.45, 7) is 2.78. The molecule has 20 heavy (non-hydrogen) atoms. The fourth-order valence-corrected chi connectivity index (χ4v) is 3.58. The Labute approximate surface area is 132 Å². The summed E-state index contributed by atoms with van der Waals surface area (Å²) in [6, 6.07) is 12.3. The molecule has 1 heterocycles. The Bertz CT molecular complexity index is 567. The highest BCUT2D eigenvalue weighted by Gasteiger charge is 2.15. The summed E-state index contributed by atoms with van der Waals surface area (Å²) in [5, 5.41) is 2.04. The van der Waals surface area contributed by atoms with E-state index in [1.54, 1.807) is 16.2 Å². The molecule has 1 aromatic heterocycles. The van der Waals surface area contributed by atoms with Gasteiger partial charge in [0.05, 0.1) is 6.54 Å². The molecule has 1 unspecified atom stereocenters. The van der Waals surface area contributed by atoms with Gasteiger partial charge in [0.15, 0.2) is 0 Å². The fraction of sp³-hybridized carbons (Fsp3) is 0.312. The molecule has 4 heteroatoms. The number of halogens is 1. The molecule has 0 N–H and O–H groups in total. The molecule has 1 atom stereocenters. The first kappa shape index (κ1) is 15.3. The summed E-state index contributed by atoms with van der Waals surface area (Å²) in [7, 11) is 1.87. The minimum absolute atomic E-state index is 0.186. The van der Waals surface area contributed by atoms with Crippen molar-refractivity contribution in [3.63, 3.8) is 0 Å². The summed E-state index contributed by atoms with van der Waals surface area (Å²) in [4.78, 5) is 15.3. The minimum atomic E-state index is 0.186. The lowest BCUT2D eigenvalue weighted by Crippen LogP contribution is -2.26. The van der Waals surface area contributed by atoms with Gasteiger partial charge in [0.1, 0.15) is 0 Å². The van der Waals surface area contributed by atoms with Crippen molar-refractivity contribution in [3.8, 4) is 0 Å². The molecular formula is C16H18BrNOS. The third-order valence-electron chi connectivity index (χ3n) is 3.29. The van der Waals surface area contributed by atoms with Crippen LogP contribution in [0.5, 0.6) is 0 Å². The van der Waals surface area contributed by atoms with E-state index in [4.69, 9.17) is 0 Å². The van der Waals surface area contributed by atoms with Crippen LogP contribution in [0.1, 0.15) is 29.7 Å². The van der Waals surface area contributed by atoms with Gasteiger partial charge in [-0.05, 0) is 33.5 Å². The number of thiophene rings is 1. The maximum absolute atomic E-state index is 12.3. The molecule has 1 amide bonds. The van der Waals surface area contributed by atoms with E-state index in [0.717, 1.165) is 4.47 Å². The lowest BCUT2D eigenvalue weighted by molar-refractivity contribution is -0.130. The number of carbonyl (C=O) groups excluding carboxylic acids is 1. The first-order valence-electron chi connectivity index (χ1n) is 6.58. The molecule has 0 spiro atoms. The Balaban J connectivity index is 1.91. The average molecular weight is 352 g/mol. The molecule has 2 rings (SSSR count). The summed E-state index contributed by atoms with van der Waals surface area (Å²) >= 11 is 5.11. The van der Waals surface area contributed by atoms with Gasteiger partial charge in [-0.2, -0.15) is 0 Å². The zero-order valence-corrected chi connectivity index (χ0v) is 14.1. The van der Waals surface area contributed by atoms with Crippen molar-refractivity contribution in [2.24, 2.45) is 0 Å². The highest BCUT2D eigenvalue weighted by molar-refractivity contribution is 9.10. The minimum Gasteiger partial charge on any atom is -0.341 e. The summed E-state index contributed by atoms with van der Waals surface area (Å²) in [5.74, 6) is 0.437. The van der Waals surface area contributed by atoms with Crippen LogP contribution in [0.25, 0.3) is 0 Å². The average Bonchev–Trinajstić information content (AvgIpc) is 2.85. The van der Waals surface area contributed by atoms with Crippen molar-refractivity contribution in [1.29, 1.82) is 0 Å². The maximum Gasteiger partial charge on any atom is 0.223 e. The number of hydrogen-bond acceptors (Lipinski definition) is 2. The van der Waals surface area contributed by atoms with E-state index in [0.29, 0.717) is 13.0 Å². The van der Waals surface area contributed by atoms with E-state index in [-0.39, 0.29) is 11.8 Å². The second-order valence-corrected chi connectivity index (χ2v) is 6.91. The molecule has 0 fully saturated rings. The van der Waals surface area contributed by atoms with Crippen LogP contribution in [0.15, 0.2) is 46.3 Å². The van der Waals surface area contributed by atoms with Gasteiger partial charge in [-0.3, -0.25) is 4.79 Å². The van der Waals surface area contributed by atoms with E-state index in [1.165, 1.54) is 10.4 Å². The van der Waals surface area contributed by atoms with Gasteiger partial charge < -0.3 is 4.90 Å². The van der Waals surface area contributed by atoms with Crippen molar-refractivity contribution in [1.82, 2.24) is 4.90 Å². The predicted octanol–water partition coefficient (Wildman–Crippen LogP) is 4.66. The van der Waals surface area contributed by atoms with E-state index < -0.39 is 0 Å². The Morgan fingerprint density at radius 2 is 2.05 bits per heavy atom. The Morgan fingerprint density at radius 1 is 1.35 bits per heavy atom. The van der Waals surface area contributed by atoms with Crippen molar-refractivity contribution >= 4 is 33.2 Å². The van der Waals surface area contributed by atoms with Gasteiger partial charge in [-0.15, -0.1) is 11.3 Å². The lowest BCUT2D eigenvalue weighted by Gasteiger charge is -2.19. The van der Waals surface area contributed by atoms with Gasteiger partial charge in [-0.1, -0.05) is 37.3 Å². The maximum atomic E-state index is 12.3. The Kier molecular flexibility index (Phi) is 5.38. The molecule has 2 nitrogen and oxygen atoms in total. The van der Waals surface area contributed by atoms with Crippen LogP contribution in [0, 0.1) is 0 Å². The lowest BCUT2D eigenvalue weighted by atomic mass is 9.97. The largest absolute Gasteiger partial charge is 0.341 e. The van der Waals surface area contributed by atoms with E-state index in [9.17, 15) is 4.79 Å². The molecule has 106 valence electrons. The second kappa shape index (κ2) is 7.04. The molecule has 0 bridgehead atoms. The zero-order valence-electron chi connectivity index (χ0n) is 11.7. The molecule has 0 saturated carbocycles. The number of amides is 1. The van der Waals surface area contributed by atoms with Crippen LogP contribution < -0.4 is 0 Å². The molecular weight excluding hydrogens is 334 g/mol. The molecule has 2 aromatic rings. The number of nitrogens with zero attached hydrogens (tertiary/aromatic N) is 1. The standard InChI is InChI=1S/C16H18BrNOS/c1-12(13-6-4-3-5-7-13)8-16(19)18(2)10-15-9-14(17)11-20-15/h3-7,9,11-12H,8,10H2,1-2H3.